The number of hydrogen-bond donors (Lipinski definition) is 2. The fourth-order valence-corrected chi connectivity index (χ4v) is 5.24. The number of carbonyl (C=O) groups excluding carboxylic acids is 1. The molecule has 7 nitrogen and oxygen atoms in total. The molecule has 0 radical (unpaired) electrons. The van der Waals surface area contributed by atoms with Crippen LogP contribution in [0.25, 0.3) is 21.3 Å². The van der Waals surface area contributed by atoms with Crippen LogP contribution in [0.4, 0.5) is 5.82 Å². The van der Waals surface area contributed by atoms with E-state index in [9.17, 15) is 4.79 Å². The van der Waals surface area contributed by atoms with Crippen LogP contribution in [0, 0.1) is 6.92 Å². The van der Waals surface area contributed by atoms with Gasteiger partial charge in [0.1, 0.15) is 33.8 Å². The van der Waals surface area contributed by atoms with Crippen LogP contribution in [0.1, 0.15) is 53.2 Å². The summed E-state index contributed by atoms with van der Waals surface area (Å²) in [7, 11) is 0. The third-order valence-corrected chi connectivity index (χ3v) is 7.01. The van der Waals surface area contributed by atoms with Crippen LogP contribution in [0.15, 0.2) is 30.6 Å². The summed E-state index contributed by atoms with van der Waals surface area (Å²) in [6.45, 7) is 2.62. The van der Waals surface area contributed by atoms with Gasteiger partial charge in [-0.15, -0.1) is 11.3 Å². The van der Waals surface area contributed by atoms with Gasteiger partial charge in [0.05, 0.1) is 16.4 Å². The molecular formula is C23H25N5O2S. The lowest BCUT2D eigenvalue weighted by Crippen LogP contribution is -2.20. The molecule has 0 unspecified atom stereocenters. The summed E-state index contributed by atoms with van der Waals surface area (Å²) in [5.41, 5.74) is 2.89. The highest BCUT2D eigenvalue weighted by atomic mass is 32.1. The number of nitrogens with zero attached hydrogens (tertiary/aromatic N) is 3. The first-order chi connectivity index (χ1) is 15.2. The third-order valence-electron chi connectivity index (χ3n) is 5.83. The Morgan fingerprint density at radius 1 is 1.23 bits per heavy atom. The Morgan fingerprint density at radius 3 is 2.90 bits per heavy atom. The number of esters is 1. The van der Waals surface area contributed by atoms with Crippen molar-refractivity contribution < 1.29 is 9.53 Å². The van der Waals surface area contributed by atoms with Gasteiger partial charge in [-0.2, -0.15) is 0 Å². The molecular weight excluding hydrogens is 410 g/mol. The van der Waals surface area contributed by atoms with Gasteiger partial charge in [-0.25, -0.2) is 19.7 Å². The monoisotopic (exact) mass is 435 g/mol. The Labute approximate surface area is 184 Å². The molecule has 0 atom stereocenters. The van der Waals surface area contributed by atoms with Crippen LogP contribution in [0.5, 0.6) is 0 Å². The van der Waals surface area contributed by atoms with Crippen molar-refractivity contribution in [3.05, 3.63) is 46.9 Å². The van der Waals surface area contributed by atoms with E-state index >= 15 is 0 Å². The number of benzene rings is 1. The molecule has 0 bridgehead atoms. The number of H-pyrrole nitrogens is 1. The second-order valence-electron chi connectivity index (χ2n) is 8.00. The molecule has 5 rings (SSSR count). The van der Waals surface area contributed by atoms with Crippen molar-refractivity contribution in [3.63, 3.8) is 0 Å². The molecule has 1 aliphatic rings. The lowest BCUT2D eigenvalue weighted by atomic mass is 9.98. The van der Waals surface area contributed by atoms with E-state index in [-0.39, 0.29) is 12.1 Å². The van der Waals surface area contributed by atoms with Crippen LogP contribution < -0.4 is 5.32 Å². The number of anilines is 1. The maximum atomic E-state index is 12.8. The van der Waals surface area contributed by atoms with Crippen LogP contribution in [0.3, 0.4) is 0 Å². The van der Waals surface area contributed by atoms with E-state index in [1.807, 2.05) is 31.2 Å². The number of imidazole rings is 1. The number of nitrogens with one attached hydrogen (secondary N) is 2. The largest absolute Gasteiger partial charge is 0.458 e. The average molecular weight is 436 g/mol. The van der Waals surface area contributed by atoms with E-state index in [0.717, 1.165) is 70.6 Å². The first-order valence-electron chi connectivity index (χ1n) is 10.8. The van der Waals surface area contributed by atoms with Crippen molar-refractivity contribution in [1.29, 1.82) is 0 Å². The number of thiophene rings is 1. The average Bonchev–Trinajstić information content (AvgIpc) is 3.35. The summed E-state index contributed by atoms with van der Waals surface area (Å²) in [6.07, 6.45) is 7.74. The molecule has 1 aliphatic carbocycles. The SMILES string of the molecule is Cc1c(C(=O)OC2CCCCC2)sc2ncnc(NCCc3nc4ccccc4[nH]3)c12. The molecule has 4 aromatic rings. The zero-order valence-corrected chi connectivity index (χ0v) is 18.3. The number of aryl methyl sites for hydroxylation is 1. The lowest BCUT2D eigenvalue weighted by molar-refractivity contribution is 0.0216. The second-order valence-corrected chi connectivity index (χ2v) is 9.00. The Bertz CT molecular complexity index is 1190. The van der Waals surface area contributed by atoms with Gasteiger partial charge >= 0.3 is 5.97 Å². The van der Waals surface area contributed by atoms with E-state index in [2.05, 4.69) is 25.3 Å². The highest BCUT2D eigenvalue weighted by molar-refractivity contribution is 7.20. The summed E-state index contributed by atoms with van der Waals surface area (Å²) in [4.78, 5) is 31.0. The highest BCUT2D eigenvalue weighted by Crippen LogP contribution is 2.34. The molecule has 3 heterocycles. The zero-order chi connectivity index (χ0) is 21.2. The molecule has 160 valence electrons. The highest BCUT2D eigenvalue weighted by Gasteiger charge is 2.24. The van der Waals surface area contributed by atoms with Crippen molar-refractivity contribution in [2.24, 2.45) is 0 Å². The molecule has 3 aromatic heterocycles. The minimum absolute atomic E-state index is 0.0401. The summed E-state index contributed by atoms with van der Waals surface area (Å²) < 4.78 is 5.79. The smallest absolute Gasteiger partial charge is 0.348 e. The minimum atomic E-state index is -0.236. The Hall–Kier alpha value is -3.00. The summed E-state index contributed by atoms with van der Waals surface area (Å²) >= 11 is 1.38. The predicted molar refractivity (Wildman–Crippen MR) is 123 cm³/mol. The molecule has 1 aromatic carbocycles. The molecule has 1 saturated carbocycles. The number of carbonyl (C=O) groups is 1. The van der Waals surface area contributed by atoms with Gasteiger partial charge in [-0.1, -0.05) is 18.6 Å². The van der Waals surface area contributed by atoms with Crippen molar-refractivity contribution in [2.75, 3.05) is 11.9 Å². The zero-order valence-electron chi connectivity index (χ0n) is 17.5. The maximum Gasteiger partial charge on any atom is 0.348 e. The number of aromatic amines is 1. The minimum Gasteiger partial charge on any atom is -0.458 e. The van der Waals surface area contributed by atoms with E-state index < -0.39 is 0 Å². The molecule has 2 N–H and O–H groups in total. The number of rotatable bonds is 6. The fraction of sp³-hybridized carbons (Fsp3) is 0.391. The van der Waals surface area contributed by atoms with Crippen molar-refractivity contribution in [3.8, 4) is 0 Å². The van der Waals surface area contributed by atoms with E-state index in [1.54, 1.807) is 0 Å². The van der Waals surface area contributed by atoms with E-state index in [1.165, 1.54) is 24.1 Å². The molecule has 0 spiro atoms. The van der Waals surface area contributed by atoms with E-state index in [4.69, 9.17) is 4.74 Å². The van der Waals surface area contributed by atoms with Crippen LogP contribution in [-0.4, -0.2) is 38.6 Å². The van der Waals surface area contributed by atoms with Gasteiger partial charge in [0.2, 0.25) is 0 Å². The second kappa shape index (κ2) is 8.63. The number of aromatic nitrogens is 4. The Kier molecular flexibility index (Phi) is 5.55. The van der Waals surface area contributed by atoms with Gasteiger partial charge in [-0.05, 0) is 50.3 Å². The van der Waals surface area contributed by atoms with Gasteiger partial charge in [0.15, 0.2) is 0 Å². The molecule has 0 saturated heterocycles. The normalized spacial score (nSPS) is 14.9. The number of para-hydroxylation sites is 2. The van der Waals surface area contributed by atoms with Crippen molar-refractivity contribution in [1.82, 2.24) is 19.9 Å². The van der Waals surface area contributed by atoms with Gasteiger partial charge in [0.25, 0.3) is 0 Å². The topological polar surface area (TPSA) is 92.8 Å². The van der Waals surface area contributed by atoms with Crippen LogP contribution in [-0.2, 0) is 11.2 Å². The molecule has 1 fully saturated rings. The first kappa shape index (κ1) is 19.9. The van der Waals surface area contributed by atoms with Gasteiger partial charge in [-0.3, -0.25) is 0 Å². The fourth-order valence-electron chi connectivity index (χ4n) is 4.21. The predicted octanol–water partition coefficient (Wildman–Crippen LogP) is 5.02. The maximum absolute atomic E-state index is 12.8. The first-order valence-corrected chi connectivity index (χ1v) is 11.6. The van der Waals surface area contributed by atoms with Crippen molar-refractivity contribution >= 4 is 44.4 Å². The number of ether oxygens (including phenoxy) is 1. The van der Waals surface area contributed by atoms with Crippen LogP contribution >= 0.6 is 11.3 Å². The summed E-state index contributed by atoms with van der Waals surface area (Å²) in [5.74, 6) is 1.44. The van der Waals surface area contributed by atoms with Crippen molar-refractivity contribution in [2.45, 2.75) is 51.6 Å². The van der Waals surface area contributed by atoms with E-state index in [0.29, 0.717) is 11.4 Å². The quantitative estimate of drug-likeness (QED) is 0.413. The molecule has 0 aliphatic heterocycles. The molecule has 8 heteroatoms. The summed E-state index contributed by atoms with van der Waals surface area (Å²) in [5, 5.41) is 4.29. The molecule has 0 amide bonds. The standard InChI is InChI=1S/C23H25N5O2S/c1-14-19-21(24-12-11-18-27-16-9-5-6-10-17(16)28-18)25-13-26-22(19)31-20(14)23(29)30-15-7-3-2-4-8-15/h5-6,9-10,13,15H,2-4,7-8,11-12H2,1H3,(H,27,28)(H,24,25,26). The van der Waals surface area contributed by atoms with Gasteiger partial charge in [0, 0.05) is 13.0 Å². The molecule has 31 heavy (non-hydrogen) atoms. The lowest BCUT2D eigenvalue weighted by Gasteiger charge is -2.21. The Morgan fingerprint density at radius 2 is 2.06 bits per heavy atom. The van der Waals surface area contributed by atoms with Gasteiger partial charge < -0.3 is 15.0 Å². The third kappa shape index (κ3) is 4.12. The van der Waals surface area contributed by atoms with Crippen LogP contribution in [0.2, 0.25) is 0 Å². The number of fused-ring (bicyclic) bond motifs is 2. The summed E-state index contributed by atoms with van der Waals surface area (Å²) in [6, 6.07) is 8.00. The number of hydrogen-bond acceptors (Lipinski definition) is 7. The Balaban J connectivity index is 1.31.